The van der Waals surface area contributed by atoms with E-state index in [1.54, 1.807) is 24.3 Å². The number of hydrogen-bond acceptors (Lipinski definition) is 5. The van der Waals surface area contributed by atoms with Crippen molar-refractivity contribution < 1.29 is 17.9 Å². The van der Waals surface area contributed by atoms with Crippen molar-refractivity contribution in [1.29, 1.82) is 0 Å². The van der Waals surface area contributed by atoms with Gasteiger partial charge < -0.3 is 15.0 Å². The number of morpholine rings is 1. The smallest absolute Gasteiger partial charge is 0.245 e. The monoisotopic (exact) mass is 467 g/mol. The van der Waals surface area contributed by atoms with Crippen LogP contribution in [-0.2, 0) is 19.6 Å². The SMILES string of the molecule is CS(=O)(=O)N(CC(=O)Nc1ccc(N2CCOCC2)cc1)c1ccccc1Br. The Labute approximate surface area is 173 Å². The lowest BCUT2D eigenvalue weighted by Crippen LogP contribution is -2.37. The van der Waals surface area contributed by atoms with Gasteiger partial charge in [-0.1, -0.05) is 12.1 Å². The Kier molecular flexibility index (Phi) is 6.58. The average Bonchev–Trinajstić information content (AvgIpc) is 2.67. The topological polar surface area (TPSA) is 79.0 Å². The maximum atomic E-state index is 12.5. The molecular formula is C19H22BrN3O4S. The Balaban J connectivity index is 1.68. The van der Waals surface area contributed by atoms with E-state index in [0.29, 0.717) is 29.1 Å². The fourth-order valence-corrected chi connectivity index (χ4v) is 4.43. The van der Waals surface area contributed by atoms with E-state index < -0.39 is 15.9 Å². The Hall–Kier alpha value is -2.10. The van der Waals surface area contributed by atoms with E-state index in [1.807, 2.05) is 24.3 Å². The number of carbonyl (C=O) groups is 1. The first-order valence-electron chi connectivity index (χ1n) is 8.79. The molecule has 7 nitrogen and oxygen atoms in total. The second kappa shape index (κ2) is 8.93. The van der Waals surface area contributed by atoms with Crippen LogP contribution in [0.5, 0.6) is 0 Å². The van der Waals surface area contributed by atoms with E-state index in [-0.39, 0.29) is 6.54 Å². The van der Waals surface area contributed by atoms with E-state index in [0.717, 1.165) is 29.3 Å². The molecule has 3 rings (SSSR count). The van der Waals surface area contributed by atoms with Gasteiger partial charge in [-0.3, -0.25) is 9.10 Å². The van der Waals surface area contributed by atoms with Crippen molar-refractivity contribution in [2.24, 2.45) is 0 Å². The number of ether oxygens (including phenoxy) is 1. The maximum absolute atomic E-state index is 12.5. The Morgan fingerprint density at radius 2 is 1.79 bits per heavy atom. The molecule has 0 bridgehead atoms. The quantitative estimate of drug-likeness (QED) is 0.706. The number of anilines is 3. The lowest BCUT2D eigenvalue weighted by Gasteiger charge is -2.29. The molecule has 28 heavy (non-hydrogen) atoms. The van der Waals surface area contributed by atoms with Gasteiger partial charge in [-0.15, -0.1) is 0 Å². The lowest BCUT2D eigenvalue weighted by molar-refractivity contribution is -0.114. The van der Waals surface area contributed by atoms with Crippen molar-refractivity contribution >= 4 is 48.9 Å². The highest BCUT2D eigenvalue weighted by molar-refractivity contribution is 9.10. The number of nitrogens with zero attached hydrogens (tertiary/aromatic N) is 2. The molecule has 1 aliphatic rings. The Morgan fingerprint density at radius 1 is 1.14 bits per heavy atom. The largest absolute Gasteiger partial charge is 0.378 e. The predicted octanol–water partition coefficient (Wildman–Crippen LogP) is 2.69. The number of sulfonamides is 1. The summed E-state index contributed by atoms with van der Waals surface area (Å²) in [5.74, 6) is -0.416. The summed E-state index contributed by atoms with van der Waals surface area (Å²) in [7, 11) is -3.63. The molecule has 0 aliphatic carbocycles. The molecule has 0 saturated carbocycles. The first-order chi connectivity index (χ1) is 13.3. The third-order valence-corrected chi connectivity index (χ3v) is 6.13. The number of hydrogen-bond donors (Lipinski definition) is 1. The number of para-hydroxylation sites is 1. The van der Waals surface area contributed by atoms with Crippen molar-refractivity contribution in [2.45, 2.75) is 0 Å². The van der Waals surface area contributed by atoms with Crippen molar-refractivity contribution in [1.82, 2.24) is 0 Å². The average molecular weight is 468 g/mol. The van der Waals surface area contributed by atoms with Crippen LogP contribution in [0, 0.1) is 0 Å². The zero-order chi connectivity index (χ0) is 20.1. The van der Waals surface area contributed by atoms with Gasteiger partial charge in [0.15, 0.2) is 0 Å². The van der Waals surface area contributed by atoms with Gasteiger partial charge in [0, 0.05) is 28.9 Å². The van der Waals surface area contributed by atoms with Gasteiger partial charge in [0.05, 0.1) is 25.2 Å². The van der Waals surface area contributed by atoms with Gasteiger partial charge in [0.1, 0.15) is 6.54 Å². The highest BCUT2D eigenvalue weighted by Gasteiger charge is 2.22. The summed E-state index contributed by atoms with van der Waals surface area (Å²) in [5.41, 5.74) is 2.10. The molecule has 1 amide bonds. The molecule has 0 radical (unpaired) electrons. The Morgan fingerprint density at radius 3 is 2.39 bits per heavy atom. The third kappa shape index (κ3) is 5.24. The molecule has 0 unspecified atom stereocenters. The van der Waals surface area contributed by atoms with E-state index in [2.05, 4.69) is 26.1 Å². The first-order valence-corrected chi connectivity index (χ1v) is 11.4. The molecule has 1 aliphatic heterocycles. The molecule has 0 atom stereocenters. The van der Waals surface area contributed by atoms with Crippen molar-refractivity contribution in [2.75, 3.05) is 53.6 Å². The van der Waals surface area contributed by atoms with Crippen molar-refractivity contribution in [3.63, 3.8) is 0 Å². The molecule has 1 heterocycles. The lowest BCUT2D eigenvalue weighted by atomic mass is 10.2. The van der Waals surface area contributed by atoms with Gasteiger partial charge in [0.2, 0.25) is 15.9 Å². The number of nitrogens with one attached hydrogen (secondary N) is 1. The molecule has 0 spiro atoms. The summed E-state index contributed by atoms with van der Waals surface area (Å²) in [6.07, 6.45) is 1.08. The fourth-order valence-electron chi connectivity index (χ4n) is 2.94. The highest BCUT2D eigenvalue weighted by atomic mass is 79.9. The van der Waals surface area contributed by atoms with Gasteiger partial charge in [-0.05, 0) is 52.3 Å². The minimum absolute atomic E-state index is 0.313. The van der Waals surface area contributed by atoms with Crippen LogP contribution >= 0.6 is 15.9 Å². The van der Waals surface area contributed by atoms with E-state index >= 15 is 0 Å². The number of halogens is 1. The second-order valence-electron chi connectivity index (χ2n) is 6.42. The number of rotatable bonds is 6. The van der Waals surface area contributed by atoms with Crippen LogP contribution in [0.1, 0.15) is 0 Å². The van der Waals surface area contributed by atoms with Crippen LogP contribution in [0.15, 0.2) is 53.0 Å². The van der Waals surface area contributed by atoms with Crippen LogP contribution in [0.25, 0.3) is 0 Å². The van der Waals surface area contributed by atoms with Gasteiger partial charge in [-0.2, -0.15) is 0 Å². The number of amides is 1. The molecule has 1 saturated heterocycles. The predicted molar refractivity (Wildman–Crippen MR) is 114 cm³/mol. The van der Waals surface area contributed by atoms with Gasteiger partial charge >= 0.3 is 0 Å². The van der Waals surface area contributed by atoms with Gasteiger partial charge in [-0.25, -0.2) is 8.42 Å². The summed E-state index contributed by atoms with van der Waals surface area (Å²) in [6.45, 7) is 2.76. The molecule has 2 aromatic carbocycles. The van der Waals surface area contributed by atoms with Crippen molar-refractivity contribution in [3.8, 4) is 0 Å². The number of carbonyl (C=O) groups excluding carboxylic acids is 1. The molecule has 1 N–H and O–H groups in total. The molecule has 0 aromatic heterocycles. The fraction of sp³-hybridized carbons (Fsp3) is 0.316. The van der Waals surface area contributed by atoms with Crippen LogP contribution in [0.4, 0.5) is 17.1 Å². The van der Waals surface area contributed by atoms with Crippen LogP contribution in [0.2, 0.25) is 0 Å². The third-order valence-electron chi connectivity index (χ3n) is 4.34. The molecule has 9 heteroatoms. The zero-order valence-electron chi connectivity index (χ0n) is 15.5. The van der Waals surface area contributed by atoms with Crippen LogP contribution in [-0.4, -0.2) is 53.4 Å². The van der Waals surface area contributed by atoms with Crippen LogP contribution in [0.3, 0.4) is 0 Å². The summed E-state index contributed by atoms with van der Waals surface area (Å²) in [5, 5.41) is 2.76. The minimum atomic E-state index is -3.63. The Bertz CT molecular complexity index is 928. The van der Waals surface area contributed by atoms with E-state index in [9.17, 15) is 13.2 Å². The van der Waals surface area contributed by atoms with Crippen LogP contribution < -0.4 is 14.5 Å². The summed E-state index contributed by atoms with van der Waals surface area (Å²) in [4.78, 5) is 14.7. The summed E-state index contributed by atoms with van der Waals surface area (Å²) in [6, 6.07) is 14.4. The minimum Gasteiger partial charge on any atom is -0.378 e. The summed E-state index contributed by atoms with van der Waals surface area (Å²) >= 11 is 3.34. The van der Waals surface area contributed by atoms with E-state index in [1.165, 1.54) is 0 Å². The maximum Gasteiger partial charge on any atom is 0.245 e. The molecular weight excluding hydrogens is 446 g/mol. The van der Waals surface area contributed by atoms with Crippen molar-refractivity contribution in [3.05, 3.63) is 53.0 Å². The normalized spacial score (nSPS) is 14.6. The number of benzene rings is 2. The molecule has 2 aromatic rings. The molecule has 1 fully saturated rings. The second-order valence-corrected chi connectivity index (χ2v) is 9.18. The molecule has 150 valence electrons. The van der Waals surface area contributed by atoms with E-state index in [4.69, 9.17) is 4.74 Å². The standard InChI is InChI=1S/C19H22BrN3O4S/c1-28(25,26)23(18-5-3-2-4-17(18)20)14-19(24)21-15-6-8-16(9-7-15)22-10-12-27-13-11-22/h2-9H,10-14H2,1H3,(H,21,24). The first kappa shape index (κ1) is 20.6. The van der Waals surface area contributed by atoms with Gasteiger partial charge in [0.25, 0.3) is 0 Å². The summed E-state index contributed by atoms with van der Waals surface area (Å²) < 4.78 is 31.4. The zero-order valence-corrected chi connectivity index (χ0v) is 17.9. The highest BCUT2D eigenvalue weighted by Crippen LogP contribution is 2.27.